The van der Waals surface area contributed by atoms with E-state index in [1.807, 2.05) is 44.2 Å². The van der Waals surface area contributed by atoms with Crippen molar-refractivity contribution < 1.29 is 4.39 Å². The molecule has 3 aromatic rings. The summed E-state index contributed by atoms with van der Waals surface area (Å²) in [4.78, 5) is 7.15. The van der Waals surface area contributed by atoms with Gasteiger partial charge in [-0.25, -0.2) is 9.37 Å². The smallest absolute Gasteiger partial charge is 0.138 e. The molecule has 2 aromatic carbocycles. The van der Waals surface area contributed by atoms with Crippen LogP contribution in [0.4, 0.5) is 15.9 Å². The molecule has 0 radical (unpaired) electrons. The number of hydrogen-bond donors (Lipinski definition) is 2. The summed E-state index contributed by atoms with van der Waals surface area (Å²) in [6.07, 6.45) is 0. The first kappa shape index (κ1) is 19.2. The van der Waals surface area contributed by atoms with Crippen LogP contribution >= 0.6 is 0 Å². The Balaban J connectivity index is 1.73. The number of rotatable bonds is 5. The normalized spacial score (nSPS) is 13.9. The molecule has 0 atom stereocenters. The SMILES string of the molecule is C=C(N1CCn2c(nc(-c3ccccc3)c2Nc2ccc(F)cc2)C1)C(C)(C)N. The van der Waals surface area contributed by atoms with Crippen LogP contribution in [0.3, 0.4) is 0 Å². The summed E-state index contributed by atoms with van der Waals surface area (Å²) in [6.45, 7) is 10.3. The van der Waals surface area contributed by atoms with Gasteiger partial charge in [-0.2, -0.15) is 0 Å². The van der Waals surface area contributed by atoms with Gasteiger partial charge in [-0.15, -0.1) is 0 Å². The van der Waals surface area contributed by atoms with Gasteiger partial charge in [-0.1, -0.05) is 36.9 Å². The first-order valence-electron chi connectivity index (χ1n) is 9.73. The molecule has 0 spiro atoms. The van der Waals surface area contributed by atoms with Crippen molar-refractivity contribution in [1.82, 2.24) is 14.5 Å². The maximum absolute atomic E-state index is 13.3. The lowest BCUT2D eigenvalue weighted by Crippen LogP contribution is -2.45. The Morgan fingerprint density at radius 2 is 1.79 bits per heavy atom. The zero-order valence-corrected chi connectivity index (χ0v) is 16.8. The second kappa shape index (κ2) is 7.37. The molecule has 6 heteroatoms. The van der Waals surface area contributed by atoms with E-state index in [4.69, 9.17) is 10.7 Å². The largest absolute Gasteiger partial charge is 0.365 e. The minimum atomic E-state index is -0.480. The van der Waals surface area contributed by atoms with E-state index in [1.165, 1.54) is 12.1 Å². The Hall–Kier alpha value is -3.12. The van der Waals surface area contributed by atoms with E-state index in [2.05, 4.69) is 21.4 Å². The monoisotopic (exact) mass is 391 g/mol. The first-order valence-corrected chi connectivity index (χ1v) is 9.73. The average Bonchev–Trinajstić information content (AvgIpc) is 3.06. The van der Waals surface area contributed by atoms with Crippen molar-refractivity contribution in [3.8, 4) is 11.3 Å². The summed E-state index contributed by atoms with van der Waals surface area (Å²) < 4.78 is 15.5. The van der Waals surface area contributed by atoms with Gasteiger partial charge in [0.1, 0.15) is 23.2 Å². The molecule has 0 unspecified atom stereocenters. The summed E-state index contributed by atoms with van der Waals surface area (Å²) in [5, 5.41) is 3.45. The highest BCUT2D eigenvalue weighted by molar-refractivity contribution is 5.76. The predicted molar refractivity (Wildman–Crippen MR) is 115 cm³/mol. The van der Waals surface area contributed by atoms with Gasteiger partial charge in [0.25, 0.3) is 0 Å². The van der Waals surface area contributed by atoms with Gasteiger partial charge in [0.2, 0.25) is 0 Å². The molecule has 2 heterocycles. The Bertz CT molecular complexity index is 1020. The highest BCUT2D eigenvalue weighted by atomic mass is 19.1. The molecule has 1 aliphatic heterocycles. The van der Waals surface area contributed by atoms with Gasteiger partial charge in [0.15, 0.2) is 0 Å². The van der Waals surface area contributed by atoms with Gasteiger partial charge in [0, 0.05) is 35.6 Å². The van der Waals surface area contributed by atoms with E-state index < -0.39 is 5.54 Å². The van der Waals surface area contributed by atoms with Gasteiger partial charge >= 0.3 is 0 Å². The number of hydrogen-bond acceptors (Lipinski definition) is 4. The third-order valence-electron chi connectivity index (χ3n) is 5.25. The van der Waals surface area contributed by atoms with E-state index >= 15 is 0 Å². The molecular formula is C23H26FN5. The molecule has 1 aromatic heterocycles. The van der Waals surface area contributed by atoms with Crippen LogP contribution < -0.4 is 11.1 Å². The summed E-state index contributed by atoms with van der Waals surface area (Å²) >= 11 is 0. The van der Waals surface area contributed by atoms with Crippen LogP contribution in [-0.4, -0.2) is 26.5 Å². The second-order valence-corrected chi connectivity index (χ2v) is 7.96. The number of nitrogens with zero attached hydrogens (tertiary/aromatic N) is 3. The van der Waals surface area contributed by atoms with E-state index in [0.717, 1.165) is 47.4 Å². The molecule has 3 N–H and O–H groups in total. The number of nitrogens with two attached hydrogens (primary N) is 1. The lowest BCUT2D eigenvalue weighted by Gasteiger charge is -2.37. The fourth-order valence-electron chi connectivity index (χ4n) is 3.56. The number of halogens is 1. The van der Waals surface area contributed by atoms with Crippen molar-refractivity contribution in [3.05, 3.63) is 78.5 Å². The molecule has 150 valence electrons. The number of fused-ring (bicyclic) bond motifs is 1. The number of aromatic nitrogens is 2. The maximum Gasteiger partial charge on any atom is 0.138 e. The number of imidazole rings is 1. The molecular weight excluding hydrogens is 365 g/mol. The molecule has 5 nitrogen and oxygen atoms in total. The molecule has 0 saturated heterocycles. The predicted octanol–water partition coefficient (Wildman–Crippen LogP) is 4.50. The topological polar surface area (TPSA) is 59.1 Å². The summed E-state index contributed by atoms with van der Waals surface area (Å²) in [5.74, 6) is 1.60. The van der Waals surface area contributed by atoms with Crippen LogP contribution in [0.2, 0.25) is 0 Å². The molecule has 0 amide bonds. The van der Waals surface area contributed by atoms with Crippen molar-refractivity contribution in [2.45, 2.75) is 32.5 Å². The third kappa shape index (κ3) is 3.89. The Labute approximate surface area is 170 Å². The van der Waals surface area contributed by atoms with Gasteiger partial charge < -0.3 is 20.5 Å². The Morgan fingerprint density at radius 3 is 2.45 bits per heavy atom. The first-order chi connectivity index (χ1) is 13.8. The standard InChI is InChI=1S/C23H26FN5/c1-16(23(2,3)25)28-13-14-29-20(15-28)27-21(17-7-5-4-6-8-17)22(29)26-19-11-9-18(24)10-12-19/h4-12,26H,1,13-15,25H2,2-3H3. The summed E-state index contributed by atoms with van der Waals surface area (Å²) in [7, 11) is 0. The van der Waals surface area contributed by atoms with Gasteiger partial charge in [-0.3, -0.25) is 0 Å². The van der Waals surface area contributed by atoms with Crippen molar-refractivity contribution in [1.29, 1.82) is 0 Å². The van der Waals surface area contributed by atoms with Crippen LogP contribution in [0, 0.1) is 5.82 Å². The molecule has 0 saturated carbocycles. The van der Waals surface area contributed by atoms with Crippen molar-refractivity contribution >= 4 is 11.5 Å². The number of nitrogens with one attached hydrogen (secondary N) is 1. The highest BCUT2D eigenvalue weighted by Crippen LogP contribution is 2.34. The second-order valence-electron chi connectivity index (χ2n) is 7.96. The van der Waals surface area contributed by atoms with E-state index in [0.29, 0.717) is 6.54 Å². The lowest BCUT2D eigenvalue weighted by molar-refractivity contribution is 0.243. The molecule has 29 heavy (non-hydrogen) atoms. The van der Waals surface area contributed by atoms with E-state index in [9.17, 15) is 4.39 Å². The van der Waals surface area contributed by atoms with Crippen molar-refractivity contribution in [3.63, 3.8) is 0 Å². The van der Waals surface area contributed by atoms with E-state index in [1.54, 1.807) is 12.1 Å². The fraction of sp³-hybridized carbons (Fsp3) is 0.261. The van der Waals surface area contributed by atoms with Gasteiger partial charge in [0.05, 0.1) is 6.54 Å². The van der Waals surface area contributed by atoms with Crippen LogP contribution in [0.25, 0.3) is 11.3 Å². The molecule has 0 aliphatic carbocycles. The Kier molecular flexibility index (Phi) is 4.88. The molecule has 0 fully saturated rings. The zero-order valence-electron chi connectivity index (χ0n) is 16.8. The molecule has 0 bridgehead atoms. The fourth-order valence-corrected chi connectivity index (χ4v) is 3.56. The van der Waals surface area contributed by atoms with Crippen LogP contribution in [0.15, 0.2) is 66.9 Å². The maximum atomic E-state index is 13.3. The zero-order chi connectivity index (χ0) is 20.6. The minimum absolute atomic E-state index is 0.257. The Morgan fingerprint density at radius 1 is 1.10 bits per heavy atom. The van der Waals surface area contributed by atoms with Crippen LogP contribution in [0.1, 0.15) is 19.7 Å². The summed E-state index contributed by atoms with van der Waals surface area (Å²) in [5.41, 5.74) is 9.41. The summed E-state index contributed by atoms with van der Waals surface area (Å²) in [6, 6.07) is 16.5. The highest BCUT2D eigenvalue weighted by Gasteiger charge is 2.28. The number of benzene rings is 2. The van der Waals surface area contributed by atoms with Crippen molar-refractivity contribution in [2.75, 3.05) is 11.9 Å². The third-order valence-corrected chi connectivity index (χ3v) is 5.25. The van der Waals surface area contributed by atoms with Crippen LogP contribution in [-0.2, 0) is 13.1 Å². The van der Waals surface area contributed by atoms with Gasteiger partial charge in [-0.05, 0) is 38.1 Å². The molecule has 4 rings (SSSR count). The quantitative estimate of drug-likeness (QED) is 0.672. The van der Waals surface area contributed by atoms with Crippen molar-refractivity contribution in [2.24, 2.45) is 5.73 Å². The molecule has 1 aliphatic rings. The lowest BCUT2D eigenvalue weighted by atomic mass is 10.0. The minimum Gasteiger partial charge on any atom is -0.365 e. The average molecular weight is 391 g/mol. The van der Waals surface area contributed by atoms with E-state index in [-0.39, 0.29) is 5.82 Å². The number of anilines is 2. The van der Waals surface area contributed by atoms with Crippen LogP contribution in [0.5, 0.6) is 0 Å².